The van der Waals surface area contributed by atoms with E-state index < -0.39 is 12.0 Å². The molecule has 1 atom stereocenters. The summed E-state index contributed by atoms with van der Waals surface area (Å²) in [4.78, 5) is 37.0. The van der Waals surface area contributed by atoms with Gasteiger partial charge >= 0.3 is 5.97 Å². The monoisotopic (exact) mass is 400 g/mol. The maximum atomic E-state index is 12.7. The van der Waals surface area contributed by atoms with Gasteiger partial charge in [-0.1, -0.05) is 32.0 Å². The van der Waals surface area contributed by atoms with Gasteiger partial charge in [-0.3, -0.25) is 9.59 Å². The number of carbonyl (C=O) groups excluding carboxylic acids is 3. The molecule has 0 aliphatic carbocycles. The number of esters is 1. The maximum absolute atomic E-state index is 12.7. The van der Waals surface area contributed by atoms with Gasteiger partial charge in [-0.25, -0.2) is 4.79 Å². The Balaban J connectivity index is 2.06. The largest absolute Gasteiger partial charge is 0.465 e. The number of amides is 2. The van der Waals surface area contributed by atoms with Crippen LogP contribution in [0.5, 0.6) is 0 Å². The lowest BCUT2D eigenvalue weighted by atomic mass is 10.0. The van der Waals surface area contributed by atoms with Crippen molar-refractivity contribution in [3.8, 4) is 0 Å². The first-order valence-electron chi connectivity index (χ1n) is 9.54. The number of aryl methyl sites for hydroxylation is 2. The van der Waals surface area contributed by atoms with Crippen LogP contribution in [-0.4, -0.2) is 30.9 Å². The fourth-order valence-electron chi connectivity index (χ4n) is 3.01. The van der Waals surface area contributed by atoms with Crippen LogP contribution in [0.4, 0.5) is 0 Å². The lowest BCUT2D eigenvalue weighted by molar-refractivity contribution is -0.123. The number of hydrogen-bond donors (Lipinski definition) is 2. The molecule has 1 unspecified atom stereocenters. The lowest BCUT2D eigenvalue weighted by Crippen LogP contribution is -2.47. The van der Waals surface area contributed by atoms with Crippen molar-refractivity contribution in [1.29, 1.82) is 0 Å². The number of carbonyl (C=O) groups is 3. The summed E-state index contributed by atoms with van der Waals surface area (Å²) < 4.78 is 10.2. The zero-order valence-electron chi connectivity index (χ0n) is 17.5. The van der Waals surface area contributed by atoms with Crippen molar-refractivity contribution < 1.29 is 23.5 Å². The standard InChI is InChI=1S/C22H28N2O5/c1-13(2)10-19(24-20(25)17-9-7-6-8-14(17)3)21(26)23-12-16-11-18(15(4)29-16)22(27)28-5/h6-9,11,13,19H,10,12H2,1-5H3,(H,23,26)(H,24,25). The molecule has 29 heavy (non-hydrogen) atoms. The highest BCUT2D eigenvalue weighted by atomic mass is 16.5. The molecule has 1 aromatic carbocycles. The first kappa shape index (κ1) is 22.2. The van der Waals surface area contributed by atoms with E-state index in [0.29, 0.717) is 29.1 Å². The van der Waals surface area contributed by atoms with E-state index in [0.717, 1.165) is 5.56 Å². The number of rotatable bonds is 8. The molecule has 0 fully saturated rings. The molecular formula is C22H28N2O5. The molecule has 7 nitrogen and oxygen atoms in total. The highest BCUT2D eigenvalue weighted by Crippen LogP contribution is 2.16. The van der Waals surface area contributed by atoms with Crippen molar-refractivity contribution >= 4 is 17.8 Å². The van der Waals surface area contributed by atoms with Gasteiger partial charge in [0, 0.05) is 5.56 Å². The van der Waals surface area contributed by atoms with E-state index in [1.54, 1.807) is 25.1 Å². The van der Waals surface area contributed by atoms with Crippen LogP contribution in [0.3, 0.4) is 0 Å². The third-order valence-corrected chi connectivity index (χ3v) is 4.53. The summed E-state index contributed by atoms with van der Waals surface area (Å²) in [7, 11) is 1.30. The van der Waals surface area contributed by atoms with Crippen LogP contribution in [0.1, 0.15) is 58.1 Å². The topological polar surface area (TPSA) is 97.6 Å². The molecule has 0 aliphatic heterocycles. The molecule has 7 heteroatoms. The minimum absolute atomic E-state index is 0.103. The van der Waals surface area contributed by atoms with Crippen molar-refractivity contribution in [2.75, 3.05) is 7.11 Å². The van der Waals surface area contributed by atoms with Crippen molar-refractivity contribution in [2.24, 2.45) is 5.92 Å². The van der Waals surface area contributed by atoms with Crippen molar-refractivity contribution in [1.82, 2.24) is 10.6 Å². The molecule has 0 spiro atoms. The van der Waals surface area contributed by atoms with Gasteiger partial charge in [-0.2, -0.15) is 0 Å². The predicted molar refractivity (Wildman–Crippen MR) is 109 cm³/mol. The zero-order chi connectivity index (χ0) is 21.6. The Kier molecular flexibility index (Phi) is 7.59. The van der Waals surface area contributed by atoms with Crippen LogP contribution in [0.15, 0.2) is 34.7 Å². The van der Waals surface area contributed by atoms with Crippen molar-refractivity contribution in [3.05, 3.63) is 58.5 Å². The van der Waals surface area contributed by atoms with Crippen molar-refractivity contribution in [2.45, 2.75) is 46.7 Å². The highest BCUT2D eigenvalue weighted by molar-refractivity contribution is 5.98. The summed E-state index contributed by atoms with van der Waals surface area (Å²) in [5.41, 5.74) is 1.71. The van der Waals surface area contributed by atoms with E-state index in [4.69, 9.17) is 9.15 Å². The minimum Gasteiger partial charge on any atom is -0.465 e. The summed E-state index contributed by atoms with van der Waals surface area (Å²) >= 11 is 0. The number of benzene rings is 1. The third-order valence-electron chi connectivity index (χ3n) is 4.53. The van der Waals surface area contributed by atoms with Crippen LogP contribution >= 0.6 is 0 Å². The molecule has 0 saturated heterocycles. The molecule has 1 aromatic heterocycles. The molecule has 1 heterocycles. The summed E-state index contributed by atoms with van der Waals surface area (Å²) in [5.74, 6) is -0.0239. The smallest absolute Gasteiger partial charge is 0.341 e. The van der Waals surface area contributed by atoms with Crippen molar-refractivity contribution in [3.63, 3.8) is 0 Å². The zero-order valence-corrected chi connectivity index (χ0v) is 17.5. The van der Waals surface area contributed by atoms with Gasteiger partial charge in [0.15, 0.2) is 0 Å². The SMILES string of the molecule is COC(=O)c1cc(CNC(=O)C(CC(C)C)NC(=O)c2ccccc2C)oc1C. The molecule has 2 aromatic rings. The maximum Gasteiger partial charge on any atom is 0.341 e. The third kappa shape index (κ3) is 5.94. The average molecular weight is 400 g/mol. The second kappa shape index (κ2) is 9.91. The Morgan fingerprint density at radius 2 is 1.79 bits per heavy atom. The molecule has 0 bridgehead atoms. The van der Waals surface area contributed by atoms with Crippen LogP contribution in [0.25, 0.3) is 0 Å². The molecular weight excluding hydrogens is 372 g/mol. The molecule has 0 radical (unpaired) electrons. The highest BCUT2D eigenvalue weighted by Gasteiger charge is 2.24. The van der Waals surface area contributed by atoms with E-state index in [9.17, 15) is 14.4 Å². The number of nitrogens with one attached hydrogen (secondary N) is 2. The van der Waals surface area contributed by atoms with Crippen LogP contribution in [0.2, 0.25) is 0 Å². The van der Waals surface area contributed by atoms with Gasteiger partial charge in [0.2, 0.25) is 5.91 Å². The van der Waals surface area contributed by atoms with E-state index in [1.165, 1.54) is 7.11 Å². The summed E-state index contributed by atoms with van der Waals surface area (Å²) in [5, 5.41) is 5.60. The normalized spacial score (nSPS) is 11.8. The first-order valence-corrected chi connectivity index (χ1v) is 9.54. The Bertz CT molecular complexity index is 885. The second-order valence-corrected chi connectivity index (χ2v) is 7.36. The lowest BCUT2D eigenvalue weighted by Gasteiger charge is -2.20. The second-order valence-electron chi connectivity index (χ2n) is 7.36. The summed E-state index contributed by atoms with van der Waals surface area (Å²) in [6.45, 7) is 7.58. The fourth-order valence-corrected chi connectivity index (χ4v) is 3.01. The average Bonchev–Trinajstić information content (AvgIpc) is 3.05. The molecule has 0 aliphatic rings. The van der Waals surface area contributed by atoms with Gasteiger partial charge < -0.3 is 19.8 Å². The number of ether oxygens (including phenoxy) is 1. The van der Waals surface area contributed by atoms with Gasteiger partial charge in [0.25, 0.3) is 5.91 Å². The minimum atomic E-state index is -0.682. The number of methoxy groups -OCH3 is 1. The van der Waals surface area contributed by atoms with Gasteiger partial charge in [-0.05, 0) is 43.9 Å². The molecule has 2 N–H and O–H groups in total. The molecule has 2 rings (SSSR count). The van der Waals surface area contributed by atoms with Crippen LogP contribution in [-0.2, 0) is 16.1 Å². The van der Waals surface area contributed by atoms with E-state index >= 15 is 0 Å². The number of hydrogen-bond acceptors (Lipinski definition) is 5. The molecule has 0 saturated carbocycles. The van der Waals surface area contributed by atoms with Gasteiger partial charge in [0.1, 0.15) is 23.1 Å². The predicted octanol–water partition coefficient (Wildman–Crippen LogP) is 3.14. The van der Waals surface area contributed by atoms with E-state index in [2.05, 4.69) is 10.6 Å². The Hall–Kier alpha value is -3.09. The summed E-state index contributed by atoms with van der Waals surface area (Å²) in [6.07, 6.45) is 0.494. The first-order chi connectivity index (χ1) is 13.7. The fraction of sp³-hybridized carbons (Fsp3) is 0.409. The van der Waals surface area contributed by atoms with Gasteiger partial charge in [-0.15, -0.1) is 0 Å². The van der Waals surface area contributed by atoms with Crippen LogP contribution in [0, 0.1) is 19.8 Å². The Morgan fingerprint density at radius 3 is 2.41 bits per heavy atom. The Morgan fingerprint density at radius 1 is 1.10 bits per heavy atom. The summed E-state index contributed by atoms with van der Waals surface area (Å²) in [6, 6.07) is 8.10. The molecule has 156 valence electrons. The van der Waals surface area contributed by atoms with E-state index in [-0.39, 0.29) is 24.3 Å². The number of furan rings is 1. The van der Waals surface area contributed by atoms with Gasteiger partial charge in [0.05, 0.1) is 13.7 Å². The van der Waals surface area contributed by atoms with E-state index in [1.807, 2.05) is 32.9 Å². The van der Waals surface area contributed by atoms with Crippen LogP contribution < -0.4 is 10.6 Å². The Labute approximate surface area is 170 Å². The molecule has 2 amide bonds. The quantitative estimate of drug-likeness (QED) is 0.664.